The number of carbonyl (C=O) groups excluding carboxylic acids is 1. The Balaban J connectivity index is 1.78. The molecule has 8 heteroatoms. The molecular weight excluding hydrogens is 485 g/mol. The number of aryl methyl sites for hydroxylation is 1. The number of nitrogens with one attached hydrogen (secondary N) is 1. The summed E-state index contributed by atoms with van der Waals surface area (Å²) in [4.78, 5) is 18.1. The fourth-order valence-corrected chi connectivity index (χ4v) is 4.30. The van der Waals surface area contributed by atoms with Crippen LogP contribution in [0.2, 0.25) is 0 Å². The number of carbonyl (C=O) groups is 1. The highest BCUT2D eigenvalue weighted by atomic mass is 32.2. The standard InChI is InChI=1S/C28H31F3N2O2S/c1-18-9-11-20(12-10-18)15-24(21-7-6-8-23(16-21)36-5)19(2)33-26(34)27(3,4)35-25-14-13-22(17-32-25)28(29,30)31/h6-14,16-17,19,24H,15H2,1-5H3,(H,33,34). The third kappa shape index (κ3) is 7.26. The molecule has 0 saturated heterocycles. The summed E-state index contributed by atoms with van der Waals surface area (Å²) >= 11 is 1.66. The van der Waals surface area contributed by atoms with Crippen LogP contribution in [0.1, 0.15) is 48.9 Å². The number of ether oxygens (including phenoxy) is 1. The molecule has 2 unspecified atom stereocenters. The number of benzene rings is 2. The van der Waals surface area contributed by atoms with Crippen molar-refractivity contribution >= 4 is 17.7 Å². The van der Waals surface area contributed by atoms with Crippen LogP contribution in [0.3, 0.4) is 0 Å². The largest absolute Gasteiger partial charge is 0.462 e. The Morgan fingerprint density at radius 2 is 1.78 bits per heavy atom. The molecule has 4 nitrogen and oxygen atoms in total. The van der Waals surface area contributed by atoms with Gasteiger partial charge in [-0.25, -0.2) is 4.98 Å². The van der Waals surface area contributed by atoms with E-state index in [-0.39, 0.29) is 23.7 Å². The van der Waals surface area contributed by atoms with Gasteiger partial charge in [0, 0.05) is 29.1 Å². The van der Waals surface area contributed by atoms with Crippen LogP contribution < -0.4 is 10.1 Å². The highest BCUT2D eigenvalue weighted by Crippen LogP contribution is 2.31. The maximum Gasteiger partial charge on any atom is 0.417 e. The normalized spacial score (nSPS) is 13.7. The molecule has 0 fully saturated rings. The lowest BCUT2D eigenvalue weighted by Gasteiger charge is -2.31. The van der Waals surface area contributed by atoms with Crippen molar-refractivity contribution in [3.05, 3.63) is 89.1 Å². The summed E-state index contributed by atoms with van der Waals surface area (Å²) in [5.41, 5.74) is 1.22. The van der Waals surface area contributed by atoms with Crippen molar-refractivity contribution in [2.24, 2.45) is 0 Å². The summed E-state index contributed by atoms with van der Waals surface area (Å²) in [6.07, 6.45) is -1.05. The maximum absolute atomic E-state index is 13.2. The fourth-order valence-electron chi connectivity index (χ4n) is 3.83. The van der Waals surface area contributed by atoms with E-state index >= 15 is 0 Å². The van der Waals surface area contributed by atoms with Gasteiger partial charge in [0.05, 0.1) is 5.56 Å². The van der Waals surface area contributed by atoms with Gasteiger partial charge in [-0.2, -0.15) is 13.2 Å². The Morgan fingerprint density at radius 1 is 1.08 bits per heavy atom. The van der Waals surface area contributed by atoms with E-state index in [1.807, 2.05) is 32.2 Å². The highest BCUT2D eigenvalue weighted by Gasteiger charge is 2.34. The number of pyridine rings is 1. The van der Waals surface area contributed by atoms with E-state index in [9.17, 15) is 18.0 Å². The van der Waals surface area contributed by atoms with Crippen molar-refractivity contribution in [2.45, 2.75) is 62.7 Å². The smallest absolute Gasteiger partial charge is 0.417 e. The summed E-state index contributed by atoms with van der Waals surface area (Å²) < 4.78 is 44.2. The van der Waals surface area contributed by atoms with Gasteiger partial charge >= 0.3 is 6.18 Å². The van der Waals surface area contributed by atoms with Gasteiger partial charge in [0.2, 0.25) is 5.88 Å². The average molecular weight is 517 g/mol. The molecule has 1 amide bonds. The van der Waals surface area contributed by atoms with E-state index < -0.39 is 17.3 Å². The van der Waals surface area contributed by atoms with Crippen LogP contribution in [-0.2, 0) is 17.4 Å². The SMILES string of the molecule is CSc1cccc(C(Cc2ccc(C)cc2)C(C)NC(=O)C(C)(C)Oc2ccc(C(F)(F)F)cn2)c1. The summed E-state index contributed by atoms with van der Waals surface area (Å²) in [6.45, 7) is 7.13. The Kier molecular flexibility index (Phi) is 8.71. The first-order chi connectivity index (χ1) is 16.9. The second-order valence-electron chi connectivity index (χ2n) is 9.33. The van der Waals surface area contributed by atoms with Crippen LogP contribution in [0.4, 0.5) is 13.2 Å². The molecule has 192 valence electrons. The minimum absolute atomic E-state index is 0.0104. The number of aromatic nitrogens is 1. The minimum Gasteiger partial charge on any atom is -0.462 e. The molecule has 1 aromatic heterocycles. The first-order valence-electron chi connectivity index (χ1n) is 11.6. The van der Waals surface area contributed by atoms with E-state index in [0.717, 1.165) is 34.6 Å². The first kappa shape index (κ1) is 27.6. The van der Waals surface area contributed by atoms with E-state index in [1.165, 1.54) is 5.56 Å². The molecule has 0 aliphatic rings. The predicted molar refractivity (Wildman–Crippen MR) is 137 cm³/mol. The third-order valence-corrected chi connectivity index (χ3v) is 6.76. The van der Waals surface area contributed by atoms with Crippen molar-refractivity contribution < 1.29 is 22.7 Å². The topological polar surface area (TPSA) is 51.2 Å². The maximum atomic E-state index is 13.2. The van der Waals surface area contributed by atoms with Crippen molar-refractivity contribution in [1.29, 1.82) is 0 Å². The predicted octanol–water partition coefficient (Wildman–Crippen LogP) is 6.82. The number of hydrogen-bond donors (Lipinski definition) is 1. The van der Waals surface area contributed by atoms with Gasteiger partial charge in [-0.3, -0.25) is 4.79 Å². The van der Waals surface area contributed by atoms with Gasteiger partial charge in [0.1, 0.15) is 0 Å². The molecule has 1 heterocycles. The average Bonchev–Trinajstić information content (AvgIpc) is 2.83. The molecule has 3 rings (SSSR count). The second-order valence-corrected chi connectivity index (χ2v) is 10.2. The van der Waals surface area contributed by atoms with E-state index in [2.05, 4.69) is 46.7 Å². The number of alkyl halides is 3. The Morgan fingerprint density at radius 3 is 2.36 bits per heavy atom. The lowest BCUT2D eigenvalue weighted by atomic mass is 9.86. The van der Waals surface area contributed by atoms with Crippen LogP contribution in [0, 0.1) is 6.92 Å². The van der Waals surface area contributed by atoms with Crippen LogP contribution in [-0.4, -0.2) is 28.8 Å². The molecule has 0 aliphatic carbocycles. The van der Waals surface area contributed by atoms with Gasteiger partial charge < -0.3 is 10.1 Å². The molecule has 0 radical (unpaired) electrons. The Hall–Kier alpha value is -3.00. The number of halogens is 3. The van der Waals surface area contributed by atoms with Gasteiger partial charge in [0.25, 0.3) is 5.91 Å². The van der Waals surface area contributed by atoms with Crippen molar-refractivity contribution in [3.8, 4) is 5.88 Å². The van der Waals surface area contributed by atoms with E-state index in [1.54, 1.807) is 25.6 Å². The van der Waals surface area contributed by atoms with Gasteiger partial charge in [-0.05, 0) is 69.7 Å². The Bertz CT molecular complexity index is 1160. The number of rotatable bonds is 9. The minimum atomic E-state index is -4.49. The summed E-state index contributed by atoms with van der Waals surface area (Å²) in [6, 6.07) is 18.4. The first-order valence-corrected chi connectivity index (χ1v) is 12.8. The Labute approximate surface area is 214 Å². The lowest BCUT2D eigenvalue weighted by molar-refractivity contribution is -0.138. The number of thioether (sulfide) groups is 1. The number of amides is 1. The van der Waals surface area contributed by atoms with E-state index in [0.29, 0.717) is 6.20 Å². The lowest BCUT2D eigenvalue weighted by Crippen LogP contribution is -2.51. The van der Waals surface area contributed by atoms with Crippen molar-refractivity contribution in [3.63, 3.8) is 0 Å². The molecule has 2 aromatic carbocycles. The molecule has 0 aliphatic heterocycles. The summed E-state index contributed by atoms with van der Waals surface area (Å²) in [5.74, 6) is -0.449. The zero-order chi connectivity index (χ0) is 26.5. The molecule has 0 spiro atoms. The second kappa shape index (κ2) is 11.4. The zero-order valence-corrected chi connectivity index (χ0v) is 21.8. The summed E-state index contributed by atoms with van der Waals surface area (Å²) in [5, 5.41) is 3.07. The molecule has 0 bridgehead atoms. The zero-order valence-electron chi connectivity index (χ0n) is 21.0. The van der Waals surface area contributed by atoms with Gasteiger partial charge in [-0.15, -0.1) is 11.8 Å². The number of hydrogen-bond acceptors (Lipinski definition) is 4. The van der Waals surface area contributed by atoms with Crippen LogP contribution in [0.5, 0.6) is 5.88 Å². The molecule has 36 heavy (non-hydrogen) atoms. The molecule has 3 aromatic rings. The van der Waals surface area contributed by atoms with Gasteiger partial charge in [0.15, 0.2) is 5.60 Å². The summed E-state index contributed by atoms with van der Waals surface area (Å²) in [7, 11) is 0. The van der Waals surface area contributed by atoms with Crippen LogP contribution >= 0.6 is 11.8 Å². The van der Waals surface area contributed by atoms with Crippen molar-refractivity contribution in [1.82, 2.24) is 10.3 Å². The van der Waals surface area contributed by atoms with Crippen LogP contribution in [0.25, 0.3) is 0 Å². The molecule has 0 saturated carbocycles. The van der Waals surface area contributed by atoms with Crippen molar-refractivity contribution in [2.75, 3.05) is 6.26 Å². The molecule has 1 N–H and O–H groups in total. The van der Waals surface area contributed by atoms with Crippen LogP contribution in [0.15, 0.2) is 71.8 Å². The monoisotopic (exact) mass is 516 g/mol. The highest BCUT2D eigenvalue weighted by molar-refractivity contribution is 7.98. The molecule has 2 atom stereocenters. The number of nitrogens with zero attached hydrogens (tertiary/aromatic N) is 1. The molecular formula is C28H31F3N2O2S. The van der Waals surface area contributed by atoms with E-state index in [4.69, 9.17) is 4.74 Å². The quantitative estimate of drug-likeness (QED) is 0.317. The fraction of sp³-hybridized carbons (Fsp3) is 0.357. The third-order valence-electron chi connectivity index (χ3n) is 6.03. The van der Waals surface area contributed by atoms with Gasteiger partial charge in [-0.1, -0.05) is 42.0 Å².